The lowest BCUT2D eigenvalue weighted by Gasteiger charge is -2.51. The van der Waals surface area contributed by atoms with Crippen molar-refractivity contribution in [2.24, 2.45) is 5.73 Å². The van der Waals surface area contributed by atoms with E-state index in [0.717, 1.165) is 0 Å². The Labute approximate surface area is 186 Å². The van der Waals surface area contributed by atoms with Crippen LogP contribution in [0.2, 0.25) is 0 Å². The van der Waals surface area contributed by atoms with E-state index in [1.54, 1.807) is 0 Å². The quantitative estimate of drug-likeness (QED) is 0.376. The number of β-lactam (4-membered cyclic amide) rings is 2. The maximum Gasteiger partial charge on any atom is 0.352 e. The summed E-state index contributed by atoms with van der Waals surface area (Å²) in [5, 5.41) is 11.4. The summed E-state index contributed by atoms with van der Waals surface area (Å²) < 4.78 is 10.2. The van der Waals surface area contributed by atoms with Crippen LogP contribution in [0, 0.1) is 0 Å². The van der Waals surface area contributed by atoms with Gasteiger partial charge in [-0.1, -0.05) is 0 Å². The second kappa shape index (κ2) is 8.47. The third kappa shape index (κ3) is 3.44. The van der Waals surface area contributed by atoms with Crippen LogP contribution in [-0.2, 0) is 28.7 Å². The molecule has 0 bridgehead atoms. The molecule has 4 aliphatic heterocycles. The van der Waals surface area contributed by atoms with Gasteiger partial charge in [-0.05, 0) is 11.1 Å². The van der Waals surface area contributed by atoms with Crippen molar-refractivity contribution in [1.29, 1.82) is 0 Å². The van der Waals surface area contributed by atoms with Crippen LogP contribution in [0.4, 0.5) is 0 Å². The number of nitrogens with one attached hydrogen (secondary N) is 1. The lowest BCUT2D eigenvalue weighted by molar-refractivity contribution is -0.151. The van der Waals surface area contributed by atoms with E-state index in [9.17, 15) is 24.3 Å². The number of carbonyl (C=O) groups is 4. The van der Waals surface area contributed by atoms with E-state index in [2.05, 4.69) is 5.32 Å². The smallest absolute Gasteiger partial charge is 0.352 e. The number of nitrogens with zero attached hydrogens (tertiary/aromatic N) is 2. The Morgan fingerprint density at radius 3 is 2.16 bits per heavy atom. The standard InChI is InChI=1S/C18H22N4O7S2/c1-28-3-7-5-30-16-9(19)14(24)21(16)11(7)13(23)20-10-15(25)22-12(18(26)27)8(4-29-2)6-31-17(10)22/h9-10,16-17H,3-6,19H2,1-2H3,(H,20,23)(H,26,27)/t9-,10-,16-,17-/m1/s1. The molecule has 0 aromatic rings. The van der Waals surface area contributed by atoms with Gasteiger partial charge in [0.05, 0.1) is 13.2 Å². The highest BCUT2D eigenvalue weighted by Crippen LogP contribution is 2.42. The van der Waals surface area contributed by atoms with E-state index in [-0.39, 0.29) is 35.9 Å². The normalized spacial score (nSPS) is 29.9. The molecule has 0 aromatic carbocycles. The van der Waals surface area contributed by atoms with E-state index >= 15 is 0 Å². The number of amides is 3. The number of fused-ring (bicyclic) bond motifs is 2. The first-order valence-electron chi connectivity index (χ1n) is 9.42. The first-order chi connectivity index (χ1) is 14.8. The average Bonchev–Trinajstić information content (AvgIpc) is 2.76. The van der Waals surface area contributed by atoms with Crippen molar-refractivity contribution < 1.29 is 33.8 Å². The van der Waals surface area contributed by atoms with Gasteiger partial charge in [-0.3, -0.25) is 24.2 Å². The molecule has 0 spiro atoms. The number of ether oxygens (including phenoxy) is 2. The second-order valence-electron chi connectivity index (χ2n) is 7.37. The summed E-state index contributed by atoms with van der Waals surface area (Å²) >= 11 is 2.81. The number of aliphatic carboxylic acids is 1. The minimum atomic E-state index is -1.21. The molecule has 0 unspecified atom stereocenters. The molecule has 2 saturated heterocycles. The zero-order valence-corrected chi connectivity index (χ0v) is 18.5. The molecule has 4 atom stereocenters. The Kier molecular flexibility index (Phi) is 6.05. The molecule has 0 saturated carbocycles. The van der Waals surface area contributed by atoms with Crippen LogP contribution in [0.5, 0.6) is 0 Å². The second-order valence-corrected chi connectivity index (χ2v) is 9.58. The fourth-order valence-corrected chi connectivity index (χ4v) is 6.66. The van der Waals surface area contributed by atoms with Crippen LogP contribution in [0.15, 0.2) is 22.5 Å². The van der Waals surface area contributed by atoms with E-state index in [1.807, 2.05) is 0 Å². The van der Waals surface area contributed by atoms with Gasteiger partial charge in [0, 0.05) is 25.7 Å². The Morgan fingerprint density at radius 1 is 1.03 bits per heavy atom. The van der Waals surface area contributed by atoms with Gasteiger partial charge >= 0.3 is 5.97 Å². The third-order valence-corrected chi connectivity index (χ3v) is 8.18. The molecule has 0 aromatic heterocycles. The van der Waals surface area contributed by atoms with Gasteiger partial charge in [-0.2, -0.15) is 0 Å². The molecular formula is C18H22N4O7S2. The van der Waals surface area contributed by atoms with Gasteiger partial charge in [-0.15, -0.1) is 23.5 Å². The highest BCUT2D eigenvalue weighted by atomic mass is 32.2. The van der Waals surface area contributed by atoms with Crippen molar-refractivity contribution in [1.82, 2.24) is 15.1 Å². The van der Waals surface area contributed by atoms with Gasteiger partial charge in [0.15, 0.2) is 0 Å². The van der Waals surface area contributed by atoms with E-state index < -0.39 is 35.2 Å². The fraction of sp³-hybridized carbons (Fsp3) is 0.556. The SMILES string of the molecule is COCC1=C(C(=O)N[C@@H]2C(=O)N3C(C(=O)O)=C(COC)CS[C@H]23)N2C(=O)[C@@H](N)[C@H]2SC1. The molecule has 0 radical (unpaired) electrons. The molecule has 4 heterocycles. The number of rotatable bonds is 7. The number of nitrogens with two attached hydrogens (primary N) is 1. The Bertz CT molecular complexity index is 921. The van der Waals surface area contributed by atoms with E-state index in [4.69, 9.17) is 15.2 Å². The summed E-state index contributed by atoms with van der Waals surface area (Å²) in [6, 6.07) is -1.57. The van der Waals surface area contributed by atoms with Crippen LogP contribution < -0.4 is 11.1 Å². The number of carboxylic acid groups (broad SMARTS) is 1. The maximum absolute atomic E-state index is 13.1. The molecule has 0 aliphatic carbocycles. The number of methoxy groups -OCH3 is 2. The molecule has 31 heavy (non-hydrogen) atoms. The summed E-state index contributed by atoms with van der Waals surface area (Å²) in [6.45, 7) is 0.266. The molecule has 168 valence electrons. The van der Waals surface area contributed by atoms with Crippen molar-refractivity contribution in [2.45, 2.75) is 22.8 Å². The van der Waals surface area contributed by atoms with Gasteiger partial charge in [0.25, 0.3) is 11.8 Å². The van der Waals surface area contributed by atoms with Crippen LogP contribution in [0.25, 0.3) is 0 Å². The summed E-state index contributed by atoms with van der Waals surface area (Å²) in [5.74, 6) is -1.81. The Balaban J connectivity index is 1.55. The van der Waals surface area contributed by atoms with Crippen LogP contribution in [-0.4, -0.2) is 100 Å². The van der Waals surface area contributed by atoms with Crippen molar-refractivity contribution in [3.63, 3.8) is 0 Å². The largest absolute Gasteiger partial charge is 0.477 e. The van der Waals surface area contributed by atoms with Crippen molar-refractivity contribution in [3.8, 4) is 0 Å². The van der Waals surface area contributed by atoms with Crippen LogP contribution in [0.1, 0.15) is 0 Å². The lowest BCUT2D eigenvalue weighted by Crippen LogP contribution is -2.72. The maximum atomic E-state index is 13.1. The minimum Gasteiger partial charge on any atom is -0.477 e. The van der Waals surface area contributed by atoms with E-state index in [0.29, 0.717) is 22.7 Å². The molecule has 13 heteroatoms. The lowest BCUT2D eigenvalue weighted by atomic mass is 10.0. The molecule has 2 fully saturated rings. The summed E-state index contributed by atoms with van der Waals surface area (Å²) in [5.41, 5.74) is 7.06. The fourth-order valence-electron chi connectivity index (χ4n) is 4.06. The number of hydrogen-bond acceptors (Lipinski definition) is 9. The summed E-state index contributed by atoms with van der Waals surface area (Å²) in [7, 11) is 2.94. The third-order valence-electron chi connectivity index (χ3n) is 5.48. The number of thioether (sulfide) groups is 2. The summed E-state index contributed by atoms with van der Waals surface area (Å²) in [4.78, 5) is 52.5. The number of carbonyl (C=O) groups excluding carboxylic acids is 3. The Morgan fingerprint density at radius 2 is 1.58 bits per heavy atom. The van der Waals surface area contributed by atoms with Gasteiger partial charge in [-0.25, -0.2) is 4.79 Å². The van der Waals surface area contributed by atoms with Gasteiger partial charge < -0.3 is 25.6 Å². The molecule has 11 nitrogen and oxygen atoms in total. The topological polar surface area (TPSA) is 152 Å². The minimum absolute atomic E-state index is 0.0987. The average molecular weight is 471 g/mol. The first-order valence-corrected chi connectivity index (χ1v) is 11.5. The number of hydrogen-bond donors (Lipinski definition) is 3. The Hall–Kier alpha value is -2.06. The predicted molar refractivity (Wildman–Crippen MR) is 112 cm³/mol. The molecule has 4 aliphatic rings. The zero-order valence-electron chi connectivity index (χ0n) is 16.8. The highest BCUT2D eigenvalue weighted by molar-refractivity contribution is 8.00. The van der Waals surface area contributed by atoms with Crippen LogP contribution >= 0.6 is 23.5 Å². The van der Waals surface area contributed by atoms with Gasteiger partial charge in [0.1, 0.15) is 34.2 Å². The van der Waals surface area contributed by atoms with Crippen molar-refractivity contribution in [3.05, 3.63) is 22.5 Å². The highest BCUT2D eigenvalue weighted by Gasteiger charge is 2.56. The molecule has 3 amide bonds. The van der Waals surface area contributed by atoms with Crippen molar-refractivity contribution in [2.75, 3.05) is 38.9 Å². The number of carboxylic acids is 1. The predicted octanol–water partition coefficient (Wildman–Crippen LogP) is -1.49. The van der Waals surface area contributed by atoms with Crippen LogP contribution in [0.3, 0.4) is 0 Å². The van der Waals surface area contributed by atoms with E-state index in [1.165, 1.54) is 47.5 Å². The molecular weight excluding hydrogens is 448 g/mol. The van der Waals surface area contributed by atoms with Crippen molar-refractivity contribution >= 4 is 47.2 Å². The molecule has 4 rings (SSSR count). The summed E-state index contributed by atoms with van der Waals surface area (Å²) in [6.07, 6.45) is 0. The zero-order chi connectivity index (χ0) is 22.4. The monoisotopic (exact) mass is 470 g/mol. The molecule has 4 N–H and O–H groups in total. The first kappa shape index (κ1) is 22.1. The van der Waals surface area contributed by atoms with Gasteiger partial charge in [0.2, 0.25) is 5.91 Å².